The van der Waals surface area contributed by atoms with Gasteiger partial charge in [0.2, 0.25) is 0 Å². The molecule has 0 aliphatic heterocycles. The molecule has 0 saturated carbocycles. The van der Waals surface area contributed by atoms with Crippen molar-refractivity contribution in [2.75, 3.05) is 18.9 Å². The van der Waals surface area contributed by atoms with Crippen molar-refractivity contribution >= 4 is 11.6 Å². The monoisotopic (exact) mass is 235 g/mol. The zero-order chi connectivity index (χ0) is 12.8. The van der Waals surface area contributed by atoms with Crippen LogP contribution in [0.2, 0.25) is 0 Å². The molecule has 1 aromatic heterocycles. The molecule has 0 atom stereocenters. The van der Waals surface area contributed by atoms with Gasteiger partial charge in [0.05, 0.1) is 17.4 Å². The Balaban J connectivity index is 2.92. The summed E-state index contributed by atoms with van der Waals surface area (Å²) in [7, 11) is 1.82. The molecule has 0 aliphatic rings. The first kappa shape index (κ1) is 13.5. The summed E-state index contributed by atoms with van der Waals surface area (Å²) in [6, 6.07) is 1.95. The Morgan fingerprint density at radius 3 is 2.82 bits per heavy atom. The van der Waals surface area contributed by atoms with Crippen LogP contribution in [0.25, 0.3) is 0 Å². The summed E-state index contributed by atoms with van der Waals surface area (Å²) in [5.74, 6) is 0.0287. The number of carbonyl (C=O) groups is 1. The normalized spacial score (nSPS) is 10.4. The van der Waals surface area contributed by atoms with Crippen molar-refractivity contribution in [3.63, 3.8) is 0 Å². The lowest BCUT2D eigenvalue weighted by atomic mass is 10.2. The molecule has 94 valence electrons. The zero-order valence-electron chi connectivity index (χ0n) is 11.0. The molecule has 1 aromatic rings. The standard InChI is InChI=1S/C13H21N3O/c1-5-7-15-12-9-14-8-6-11(12)13(17)16(4)10(2)3/h6,8-10,15H,5,7H2,1-4H3. The van der Waals surface area contributed by atoms with Crippen LogP contribution in [0.4, 0.5) is 5.69 Å². The van der Waals surface area contributed by atoms with Crippen LogP contribution >= 0.6 is 0 Å². The molecule has 0 aromatic carbocycles. The molecular weight excluding hydrogens is 214 g/mol. The van der Waals surface area contributed by atoms with Gasteiger partial charge in [-0.25, -0.2) is 0 Å². The third-order valence-electron chi connectivity index (χ3n) is 2.71. The molecular formula is C13H21N3O. The van der Waals surface area contributed by atoms with Crippen molar-refractivity contribution in [3.05, 3.63) is 24.0 Å². The number of aromatic nitrogens is 1. The summed E-state index contributed by atoms with van der Waals surface area (Å²) in [5.41, 5.74) is 1.50. The van der Waals surface area contributed by atoms with Crippen LogP contribution in [-0.4, -0.2) is 35.4 Å². The number of nitrogens with zero attached hydrogens (tertiary/aromatic N) is 2. The van der Waals surface area contributed by atoms with Crippen LogP contribution < -0.4 is 5.32 Å². The minimum atomic E-state index is 0.0287. The van der Waals surface area contributed by atoms with E-state index in [9.17, 15) is 4.79 Å². The van der Waals surface area contributed by atoms with E-state index in [1.165, 1.54) is 0 Å². The molecule has 4 nitrogen and oxygen atoms in total. The number of amides is 1. The molecule has 4 heteroatoms. The van der Waals surface area contributed by atoms with E-state index >= 15 is 0 Å². The Morgan fingerprint density at radius 2 is 2.24 bits per heavy atom. The van der Waals surface area contributed by atoms with Gasteiger partial charge in [-0.3, -0.25) is 9.78 Å². The fourth-order valence-corrected chi connectivity index (χ4v) is 1.41. The predicted molar refractivity (Wildman–Crippen MR) is 70.2 cm³/mol. The van der Waals surface area contributed by atoms with Gasteiger partial charge in [0.1, 0.15) is 0 Å². The molecule has 0 fully saturated rings. The largest absolute Gasteiger partial charge is 0.383 e. The Labute approximate surface area is 103 Å². The SMILES string of the molecule is CCCNc1cnccc1C(=O)N(C)C(C)C. The summed E-state index contributed by atoms with van der Waals surface area (Å²) < 4.78 is 0. The second-order valence-corrected chi connectivity index (χ2v) is 4.36. The first-order valence-electron chi connectivity index (χ1n) is 6.03. The Morgan fingerprint density at radius 1 is 1.53 bits per heavy atom. The van der Waals surface area contributed by atoms with Gasteiger partial charge in [-0.2, -0.15) is 0 Å². The third-order valence-corrected chi connectivity index (χ3v) is 2.71. The van der Waals surface area contributed by atoms with Crippen LogP contribution in [0.1, 0.15) is 37.6 Å². The van der Waals surface area contributed by atoms with Crippen molar-refractivity contribution in [2.45, 2.75) is 33.2 Å². The molecule has 0 saturated heterocycles. The minimum Gasteiger partial charge on any atom is -0.383 e. The molecule has 0 radical (unpaired) electrons. The van der Waals surface area contributed by atoms with E-state index in [4.69, 9.17) is 0 Å². The number of hydrogen-bond donors (Lipinski definition) is 1. The van der Waals surface area contributed by atoms with Crippen molar-refractivity contribution in [1.29, 1.82) is 0 Å². The van der Waals surface area contributed by atoms with E-state index in [-0.39, 0.29) is 11.9 Å². The average Bonchev–Trinajstić information content (AvgIpc) is 2.34. The smallest absolute Gasteiger partial charge is 0.256 e. The lowest BCUT2D eigenvalue weighted by Crippen LogP contribution is -2.33. The van der Waals surface area contributed by atoms with Crippen LogP contribution in [-0.2, 0) is 0 Å². The van der Waals surface area contributed by atoms with Gasteiger partial charge in [0, 0.05) is 25.8 Å². The quantitative estimate of drug-likeness (QED) is 0.852. The second-order valence-electron chi connectivity index (χ2n) is 4.36. The second kappa shape index (κ2) is 6.23. The fraction of sp³-hybridized carbons (Fsp3) is 0.538. The van der Waals surface area contributed by atoms with Crippen LogP contribution in [0.5, 0.6) is 0 Å². The highest BCUT2D eigenvalue weighted by molar-refractivity contribution is 5.99. The van der Waals surface area contributed by atoms with Gasteiger partial charge in [0.15, 0.2) is 0 Å². The Bertz CT molecular complexity index is 377. The highest BCUT2D eigenvalue weighted by Gasteiger charge is 2.17. The molecule has 0 unspecified atom stereocenters. The molecule has 1 N–H and O–H groups in total. The van der Waals surface area contributed by atoms with Gasteiger partial charge in [0.25, 0.3) is 5.91 Å². The number of hydrogen-bond acceptors (Lipinski definition) is 3. The van der Waals surface area contributed by atoms with E-state index in [1.807, 2.05) is 20.9 Å². The zero-order valence-corrected chi connectivity index (χ0v) is 11.0. The number of anilines is 1. The van der Waals surface area contributed by atoms with Gasteiger partial charge >= 0.3 is 0 Å². The van der Waals surface area contributed by atoms with Crippen LogP contribution in [0.15, 0.2) is 18.5 Å². The summed E-state index contributed by atoms with van der Waals surface area (Å²) >= 11 is 0. The average molecular weight is 235 g/mol. The highest BCUT2D eigenvalue weighted by Crippen LogP contribution is 2.16. The van der Waals surface area contributed by atoms with E-state index < -0.39 is 0 Å². The lowest BCUT2D eigenvalue weighted by Gasteiger charge is -2.22. The summed E-state index contributed by atoms with van der Waals surface area (Å²) in [6.07, 6.45) is 4.37. The summed E-state index contributed by atoms with van der Waals surface area (Å²) in [4.78, 5) is 18.0. The molecule has 1 amide bonds. The fourth-order valence-electron chi connectivity index (χ4n) is 1.41. The van der Waals surface area contributed by atoms with Crippen molar-refractivity contribution in [2.24, 2.45) is 0 Å². The van der Waals surface area contributed by atoms with Gasteiger partial charge in [-0.15, -0.1) is 0 Å². The topological polar surface area (TPSA) is 45.2 Å². The minimum absolute atomic E-state index is 0.0287. The van der Waals surface area contributed by atoms with E-state index in [2.05, 4.69) is 17.2 Å². The summed E-state index contributed by atoms with van der Waals surface area (Å²) in [6.45, 7) is 6.93. The number of pyridine rings is 1. The maximum Gasteiger partial charge on any atom is 0.256 e. The molecule has 0 aliphatic carbocycles. The van der Waals surface area contributed by atoms with E-state index in [0.717, 1.165) is 18.7 Å². The number of rotatable bonds is 5. The third kappa shape index (κ3) is 3.44. The van der Waals surface area contributed by atoms with Crippen molar-refractivity contribution in [3.8, 4) is 0 Å². The maximum atomic E-state index is 12.2. The van der Waals surface area contributed by atoms with E-state index in [1.54, 1.807) is 23.4 Å². The predicted octanol–water partition coefficient (Wildman–Crippen LogP) is 2.38. The molecule has 0 spiro atoms. The Hall–Kier alpha value is -1.58. The number of carbonyl (C=O) groups excluding carboxylic acids is 1. The Kier molecular flexibility index (Phi) is 4.94. The summed E-state index contributed by atoms with van der Waals surface area (Å²) in [5, 5.41) is 3.23. The van der Waals surface area contributed by atoms with Gasteiger partial charge in [-0.1, -0.05) is 6.92 Å². The lowest BCUT2D eigenvalue weighted by molar-refractivity contribution is 0.0756. The molecule has 1 heterocycles. The van der Waals surface area contributed by atoms with Crippen LogP contribution in [0, 0.1) is 0 Å². The first-order valence-corrected chi connectivity index (χ1v) is 6.03. The number of nitrogens with one attached hydrogen (secondary N) is 1. The van der Waals surface area contributed by atoms with Crippen molar-refractivity contribution < 1.29 is 4.79 Å². The maximum absolute atomic E-state index is 12.2. The highest BCUT2D eigenvalue weighted by atomic mass is 16.2. The van der Waals surface area contributed by atoms with Gasteiger partial charge in [-0.05, 0) is 26.3 Å². The van der Waals surface area contributed by atoms with Crippen LogP contribution in [0.3, 0.4) is 0 Å². The van der Waals surface area contributed by atoms with E-state index in [0.29, 0.717) is 5.56 Å². The van der Waals surface area contributed by atoms with Gasteiger partial charge < -0.3 is 10.2 Å². The van der Waals surface area contributed by atoms with Crippen molar-refractivity contribution in [1.82, 2.24) is 9.88 Å². The first-order chi connectivity index (χ1) is 8.07. The molecule has 17 heavy (non-hydrogen) atoms. The molecule has 0 bridgehead atoms. The molecule has 1 rings (SSSR count).